The number of nitrogens with zero attached hydrogens (tertiary/aromatic N) is 1. The van der Waals surface area contributed by atoms with Gasteiger partial charge in [0.25, 0.3) is 5.91 Å². The third kappa shape index (κ3) is 2.88. The van der Waals surface area contributed by atoms with Gasteiger partial charge in [-0.05, 0) is 12.5 Å². The standard InChI is InChI=1S/C14H10F2N4O5S/c15-14(16)24-10-4-8-9(5-11(10)25-14)19-13(18-8)20-12(21)6-1-2-7(3-6)26(17,22)23/h2-5H,1H2,(H2,17,22,23)(H2,18,19,20,21). The number of amides is 1. The number of halogens is 2. The molecule has 136 valence electrons. The largest absolute Gasteiger partial charge is 0.586 e. The predicted octanol–water partition coefficient (Wildman–Crippen LogP) is 1.33. The lowest BCUT2D eigenvalue weighted by molar-refractivity contribution is -0.286. The van der Waals surface area contributed by atoms with Gasteiger partial charge in [0, 0.05) is 17.7 Å². The van der Waals surface area contributed by atoms with Crippen LogP contribution in [-0.2, 0) is 14.8 Å². The van der Waals surface area contributed by atoms with E-state index in [4.69, 9.17) is 5.14 Å². The first-order valence-corrected chi connectivity index (χ1v) is 8.70. The van der Waals surface area contributed by atoms with Crippen molar-refractivity contribution in [2.24, 2.45) is 5.14 Å². The number of aromatic nitrogens is 2. The van der Waals surface area contributed by atoms with Crippen LogP contribution in [0.3, 0.4) is 0 Å². The lowest BCUT2D eigenvalue weighted by Crippen LogP contribution is -2.25. The number of carbonyl (C=O) groups is 1. The van der Waals surface area contributed by atoms with Gasteiger partial charge in [-0.15, -0.1) is 8.78 Å². The number of nitrogens with two attached hydrogens (primary N) is 1. The van der Waals surface area contributed by atoms with Crippen LogP contribution in [0.25, 0.3) is 11.0 Å². The zero-order valence-electron chi connectivity index (χ0n) is 12.7. The molecule has 4 N–H and O–H groups in total. The van der Waals surface area contributed by atoms with E-state index in [0.717, 1.165) is 0 Å². The number of primary sulfonamides is 1. The van der Waals surface area contributed by atoms with Crippen LogP contribution in [0.5, 0.6) is 11.5 Å². The van der Waals surface area contributed by atoms with Crippen molar-refractivity contribution >= 4 is 32.9 Å². The minimum atomic E-state index is -3.89. The van der Waals surface area contributed by atoms with Crippen molar-refractivity contribution in [3.05, 3.63) is 34.8 Å². The lowest BCUT2D eigenvalue weighted by atomic mass is 10.2. The van der Waals surface area contributed by atoms with Crippen LogP contribution >= 0.6 is 0 Å². The molecule has 12 heteroatoms. The van der Waals surface area contributed by atoms with Gasteiger partial charge in [-0.1, -0.05) is 6.08 Å². The molecule has 26 heavy (non-hydrogen) atoms. The minimum absolute atomic E-state index is 0.0467. The van der Waals surface area contributed by atoms with E-state index in [1.54, 1.807) is 0 Å². The average Bonchev–Trinajstić information content (AvgIpc) is 3.17. The second kappa shape index (κ2) is 5.25. The number of ether oxygens (including phenoxy) is 2. The van der Waals surface area contributed by atoms with E-state index in [1.165, 1.54) is 24.3 Å². The number of hydrogen-bond donors (Lipinski definition) is 3. The Balaban J connectivity index is 1.55. The van der Waals surface area contributed by atoms with Crippen molar-refractivity contribution in [1.29, 1.82) is 0 Å². The average molecular weight is 384 g/mol. The molecule has 2 aliphatic rings. The molecular formula is C14H10F2N4O5S. The summed E-state index contributed by atoms with van der Waals surface area (Å²) in [5.74, 6) is -0.868. The Morgan fingerprint density at radius 1 is 1.31 bits per heavy atom. The number of sulfonamides is 1. The molecule has 0 radical (unpaired) electrons. The summed E-state index contributed by atoms with van der Waals surface area (Å²) in [4.78, 5) is 18.9. The normalized spacial score (nSPS) is 18.0. The maximum atomic E-state index is 13.0. The second-order valence-electron chi connectivity index (χ2n) is 5.55. The van der Waals surface area contributed by atoms with E-state index in [2.05, 4.69) is 24.8 Å². The molecule has 0 spiro atoms. The monoisotopic (exact) mass is 384 g/mol. The molecule has 1 amide bonds. The summed E-state index contributed by atoms with van der Waals surface area (Å²) in [6.07, 6.45) is -1.14. The van der Waals surface area contributed by atoms with Gasteiger partial charge < -0.3 is 14.5 Å². The molecule has 9 nitrogen and oxygen atoms in total. The first-order valence-electron chi connectivity index (χ1n) is 7.15. The van der Waals surface area contributed by atoms with Gasteiger partial charge in [0.1, 0.15) is 0 Å². The Labute approximate surface area is 144 Å². The highest BCUT2D eigenvalue weighted by Crippen LogP contribution is 2.42. The van der Waals surface area contributed by atoms with Gasteiger partial charge in [0.05, 0.1) is 15.9 Å². The Bertz CT molecular complexity index is 1070. The fourth-order valence-electron chi connectivity index (χ4n) is 2.56. The first-order chi connectivity index (χ1) is 12.1. The van der Waals surface area contributed by atoms with Crippen molar-refractivity contribution in [3.8, 4) is 11.5 Å². The molecule has 2 heterocycles. The Kier molecular flexibility index (Phi) is 3.33. The fraction of sp³-hybridized carbons (Fsp3) is 0.143. The smallest absolute Gasteiger partial charge is 0.395 e. The van der Waals surface area contributed by atoms with E-state index in [9.17, 15) is 22.0 Å². The molecular weight excluding hydrogens is 374 g/mol. The summed E-state index contributed by atoms with van der Waals surface area (Å²) >= 11 is 0. The molecule has 1 aromatic carbocycles. The molecule has 2 aromatic rings. The first kappa shape index (κ1) is 16.5. The van der Waals surface area contributed by atoms with Crippen molar-refractivity contribution in [1.82, 2.24) is 9.97 Å². The molecule has 0 atom stereocenters. The van der Waals surface area contributed by atoms with Gasteiger partial charge in [-0.25, -0.2) is 18.5 Å². The molecule has 1 aliphatic carbocycles. The number of hydrogen-bond acceptors (Lipinski definition) is 6. The zero-order valence-corrected chi connectivity index (χ0v) is 13.6. The molecule has 1 aliphatic heterocycles. The number of carbonyl (C=O) groups excluding carboxylic acids is 1. The van der Waals surface area contributed by atoms with Crippen molar-refractivity contribution in [3.63, 3.8) is 0 Å². The van der Waals surface area contributed by atoms with Crippen LogP contribution in [0.1, 0.15) is 6.42 Å². The van der Waals surface area contributed by atoms with E-state index in [-0.39, 0.29) is 39.9 Å². The Morgan fingerprint density at radius 2 is 2.00 bits per heavy atom. The quantitative estimate of drug-likeness (QED) is 0.730. The van der Waals surface area contributed by atoms with E-state index < -0.39 is 22.2 Å². The predicted molar refractivity (Wildman–Crippen MR) is 84.8 cm³/mol. The van der Waals surface area contributed by atoms with Crippen LogP contribution in [-0.4, -0.2) is 30.6 Å². The summed E-state index contributed by atoms with van der Waals surface area (Å²) in [5.41, 5.74) is 0.788. The third-order valence-electron chi connectivity index (χ3n) is 3.70. The number of imidazole rings is 1. The molecule has 0 saturated heterocycles. The summed E-state index contributed by atoms with van der Waals surface area (Å²) in [7, 11) is -3.89. The SMILES string of the molecule is NS(=O)(=O)C1=CCC(C(=O)Nc2nc3cc4c(cc3[nH]2)OC(F)(F)O4)=C1. The van der Waals surface area contributed by atoms with Gasteiger partial charge >= 0.3 is 6.29 Å². The number of nitrogens with one attached hydrogen (secondary N) is 2. The number of fused-ring (bicyclic) bond motifs is 2. The van der Waals surface area contributed by atoms with E-state index in [0.29, 0.717) is 5.52 Å². The van der Waals surface area contributed by atoms with Crippen LogP contribution in [0.2, 0.25) is 0 Å². The van der Waals surface area contributed by atoms with Crippen LogP contribution < -0.4 is 19.9 Å². The fourth-order valence-corrected chi connectivity index (χ4v) is 3.18. The second-order valence-corrected chi connectivity index (χ2v) is 7.11. The number of rotatable bonds is 3. The van der Waals surface area contributed by atoms with Gasteiger partial charge in [0.15, 0.2) is 11.5 Å². The van der Waals surface area contributed by atoms with Crippen molar-refractivity contribution in [2.45, 2.75) is 12.7 Å². The van der Waals surface area contributed by atoms with Crippen LogP contribution in [0.4, 0.5) is 14.7 Å². The van der Waals surface area contributed by atoms with Gasteiger partial charge in [0.2, 0.25) is 16.0 Å². The number of allylic oxidation sites excluding steroid dienone is 2. The van der Waals surface area contributed by atoms with Crippen molar-refractivity contribution < 1.29 is 31.5 Å². The van der Waals surface area contributed by atoms with E-state index >= 15 is 0 Å². The molecule has 4 rings (SSSR count). The van der Waals surface area contributed by atoms with E-state index in [1.807, 2.05) is 0 Å². The Morgan fingerprint density at radius 3 is 2.65 bits per heavy atom. The number of alkyl halides is 2. The van der Waals surface area contributed by atoms with Crippen molar-refractivity contribution in [2.75, 3.05) is 5.32 Å². The topological polar surface area (TPSA) is 136 Å². The highest BCUT2D eigenvalue weighted by molar-refractivity contribution is 7.93. The maximum Gasteiger partial charge on any atom is 0.586 e. The van der Waals surface area contributed by atoms with Crippen LogP contribution in [0.15, 0.2) is 34.8 Å². The van der Waals surface area contributed by atoms with Crippen LogP contribution in [0, 0.1) is 0 Å². The molecule has 0 saturated carbocycles. The third-order valence-corrected chi connectivity index (χ3v) is 4.64. The highest BCUT2D eigenvalue weighted by Gasteiger charge is 2.43. The molecule has 1 aromatic heterocycles. The summed E-state index contributed by atoms with van der Waals surface area (Å²) in [5, 5.41) is 7.47. The number of aromatic amines is 1. The lowest BCUT2D eigenvalue weighted by Gasteiger charge is -2.04. The number of H-pyrrole nitrogens is 1. The van der Waals surface area contributed by atoms with Gasteiger partial charge in [-0.3, -0.25) is 10.1 Å². The highest BCUT2D eigenvalue weighted by atomic mass is 32.2. The number of anilines is 1. The van der Waals surface area contributed by atoms with Gasteiger partial charge in [-0.2, -0.15) is 0 Å². The molecule has 0 fully saturated rings. The zero-order chi connectivity index (χ0) is 18.7. The summed E-state index contributed by atoms with van der Waals surface area (Å²) in [6, 6.07) is 2.51. The summed E-state index contributed by atoms with van der Waals surface area (Å²) < 4.78 is 57.3. The molecule has 0 bridgehead atoms. The number of benzene rings is 1. The minimum Gasteiger partial charge on any atom is -0.395 e. The Hall–Kier alpha value is -2.99. The molecule has 0 unspecified atom stereocenters. The summed E-state index contributed by atoms with van der Waals surface area (Å²) in [6.45, 7) is 0. The maximum absolute atomic E-state index is 13.0.